The van der Waals surface area contributed by atoms with Crippen LogP contribution in [0.5, 0.6) is 0 Å². The van der Waals surface area contributed by atoms with E-state index in [0.717, 1.165) is 29.7 Å². The summed E-state index contributed by atoms with van der Waals surface area (Å²) in [4.78, 5) is 25.7. The summed E-state index contributed by atoms with van der Waals surface area (Å²) in [6, 6.07) is 5.84. The van der Waals surface area contributed by atoms with E-state index in [4.69, 9.17) is 0 Å². The predicted octanol–water partition coefficient (Wildman–Crippen LogP) is 2.74. The predicted molar refractivity (Wildman–Crippen MR) is 74.4 cm³/mol. The largest absolute Gasteiger partial charge is 0.312 e. The summed E-state index contributed by atoms with van der Waals surface area (Å²) in [6.45, 7) is 4.43. The van der Waals surface area contributed by atoms with Crippen molar-refractivity contribution in [3.63, 3.8) is 0 Å². The van der Waals surface area contributed by atoms with E-state index in [-0.39, 0.29) is 17.6 Å². The van der Waals surface area contributed by atoms with Gasteiger partial charge in [-0.1, -0.05) is 12.1 Å². The molecule has 98 valence electrons. The Labute approximate surface area is 112 Å². The second kappa shape index (κ2) is 4.65. The van der Waals surface area contributed by atoms with Gasteiger partial charge in [0.25, 0.3) is 0 Å². The van der Waals surface area contributed by atoms with E-state index in [1.165, 1.54) is 0 Å². The van der Waals surface area contributed by atoms with Crippen molar-refractivity contribution in [3.05, 3.63) is 42.0 Å². The normalized spacial score (nSPS) is 22.5. The highest BCUT2D eigenvalue weighted by Crippen LogP contribution is 2.30. The van der Waals surface area contributed by atoms with Crippen LogP contribution >= 0.6 is 0 Å². The van der Waals surface area contributed by atoms with Crippen molar-refractivity contribution in [2.45, 2.75) is 25.7 Å². The molecule has 3 heteroatoms. The van der Waals surface area contributed by atoms with Crippen LogP contribution in [0.25, 0.3) is 0 Å². The number of aryl methyl sites for hydroxylation is 1. The van der Waals surface area contributed by atoms with E-state index >= 15 is 0 Å². The van der Waals surface area contributed by atoms with E-state index in [0.29, 0.717) is 19.4 Å². The molecular formula is C16H17NO2. The van der Waals surface area contributed by atoms with Gasteiger partial charge in [-0.25, -0.2) is 0 Å². The lowest BCUT2D eigenvalue weighted by molar-refractivity contribution is -0.117. The van der Waals surface area contributed by atoms with Gasteiger partial charge in [0.1, 0.15) is 0 Å². The van der Waals surface area contributed by atoms with Gasteiger partial charge in [-0.3, -0.25) is 9.59 Å². The zero-order chi connectivity index (χ0) is 13.4. The molecule has 1 aromatic carbocycles. The first kappa shape index (κ1) is 12.2. The van der Waals surface area contributed by atoms with E-state index in [2.05, 4.69) is 6.58 Å². The van der Waals surface area contributed by atoms with Gasteiger partial charge in [0.2, 0.25) is 5.91 Å². The number of benzene rings is 1. The van der Waals surface area contributed by atoms with Gasteiger partial charge in [-0.2, -0.15) is 0 Å². The lowest BCUT2D eigenvalue weighted by atomic mass is 9.90. The highest BCUT2D eigenvalue weighted by molar-refractivity contribution is 6.01. The Bertz CT molecular complexity index is 562. The molecule has 0 N–H and O–H groups in total. The lowest BCUT2D eigenvalue weighted by Gasteiger charge is -2.20. The number of anilines is 1. The Hall–Kier alpha value is -1.90. The van der Waals surface area contributed by atoms with Crippen LogP contribution in [-0.4, -0.2) is 18.2 Å². The first-order valence-corrected chi connectivity index (χ1v) is 6.78. The van der Waals surface area contributed by atoms with Crippen LogP contribution < -0.4 is 4.90 Å². The van der Waals surface area contributed by atoms with Crippen molar-refractivity contribution in [3.8, 4) is 0 Å². The Morgan fingerprint density at radius 1 is 1.26 bits per heavy atom. The molecule has 0 saturated carbocycles. The van der Waals surface area contributed by atoms with E-state index in [1.54, 1.807) is 4.90 Å². The van der Waals surface area contributed by atoms with Crippen LogP contribution in [-0.2, 0) is 11.2 Å². The molecule has 0 spiro atoms. The fraction of sp³-hybridized carbons (Fsp3) is 0.375. The second-order valence-corrected chi connectivity index (χ2v) is 5.32. The standard InChI is InChI=1S/C16H17NO2/c1-2-11-8-16(19)17(10-11)13-7-6-12-4-3-5-15(18)14(12)9-13/h2,6-7,9,11H,1,3-5,8,10H2. The Morgan fingerprint density at radius 3 is 2.84 bits per heavy atom. The van der Waals surface area contributed by atoms with Crippen molar-refractivity contribution in [1.82, 2.24) is 0 Å². The summed E-state index contributed by atoms with van der Waals surface area (Å²) in [6.07, 6.45) is 4.88. The third kappa shape index (κ3) is 2.09. The minimum absolute atomic E-state index is 0.119. The van der Waals surface area contributed by atoms with Crippen molar-refractivity contribution in [2.75, 3.05) is 11.4 Å². The van der Waals surface area contributed by atoms with Crippen LogP contribution in [0.1, 0.15) is 35.2 Å². The molecule has 0 bridgehead atoms. The first-order chi connectivity index (χ1) is 9.19. The molecule has 0 radical (unpaired) electrons. The number of Topliss-reactive ketones (excluding diaryl/α,β-unsaturated/α-hetero) is 1. The number of ketones is 1. The number of hydrogen-bond donors (Lipinski definition) is 0. The highest BCUT2D eigenvalue weighted by Gasteiger charge is 2.29. The number of amides is 1. The molecule has 1 aliphatic carbocycles. The van der Waals surface area contributed by atoms with E-state index in [1.807, 2.05) is 24.3 Å². The van der Waals surface area contributed by atoms with Crippen molar-refractivity contribution < 1.29 is 9.59 Å². The number of nitrogens with zero attached hydrogens (tertiary/aromatic N) is 1. The van der Waals surface area contributed by atoms with Gasteiger partial charge < -0.3 is 4.90 Å². The van der Waals surface area contributed by atoms with Gasteiger partial charge in [0.05, 0.1) is 0 Å². The quantitative estimate of drug-likeness (QED) is 0.762. The molecule has 1 unspecified atom stereocenters. The first-order valence-electron chi connectivity index (χ1n) is 6.78. The minimum atomic E-state index is 0.119. The Kier molecular flexibility index (Phi) is 2.97. The number of hydrogen-bond acceptors (Lipinski definition) is 2. The Morgan fingerprint density at radius 2 is 2.11 bits per heavy atom. The molecule has 1 heterocycles. The molecule has 3 rings (SSSR count). The molecule has 3 nitrogen and oxygen atoms in total. The highest BCUT2D eigenvalue weighted by atomic mass is 16.2. The van der Waals surface area contributed by atoms with Crippen LogP contribution in [0.4, 0.5) is 5.69 Å². The number of fused-ring (bicyclic) bond motifs is 1. The molecule has 0 aromatic heterocycles. The van der Waals surface area contributed by atoms with Crippen LogP contribution in [0.2, 0.25) is 0 Å². The third-order valence-electron chi connectivity index (χ3n) is 4.04. The topological polar surface area (TPSA) is 37.4 Å². The molecule has 1 aromatic rings. The number of rotatable bonds is 2. The van der Waals surface area contributed by atoms with Crippen LogP contribution in [0.15, 0.2) is 30.9 Å². The summed E-state index contributed by atoms with van der Waals surface area (Å²) < 4.78 is 0. The maximum absolute atomic E-state index is 12.0. The lowest BCUT2D eigenvalue weighted by Crippen LogP contribution is -2.25. The van der Waals surface area contributed by atoms with Gasteiger partial charge in [-0.15, -0.1) is 6.58 Å². The molecule has 1 atom stereocenters. The summed E-state index contributed by atoms with van der Waals surface area (Å²) in [5.74, 6) is 0.544. The van der Waals surface area contributed by atoms with Gasteiger partial charge in [-0.05, 0) is 30.5 Å². The van der Waals surface area contributed by atoms with E-state index in [9.17, 15) is 9.59 Å². The summed E-state index contributed by atoms with van der Waals surface area (Å²) in [7, 11) is 0. The number of carbonyl (C=O) groups is 2. The third-order valence-corrected chi connectivity index (χ3v) is 4.04. The van der Waals surface area contributed by atoms with Crippen molar-refractivity contribution in [1.29, 1.82) is 0 Å². The molecular weight excluding hydrogens is 238 g/mol. The molecule has 19 heavy (non-hydrogen) atoms. The van der Waals surface area contributed by atoms with Crippen LogP contribution in [0, 0.1) is 5.92 Å². The zero-order valence-corrected chi connectivity index (χ0v) is 10.9. The van der Waals surface area contributed by atoms with Gasteiger partial charge >= 0.3 is 0 Å². The Balaban J connectivity index is 1.94. The minimum Gasteiger partial charge on any atom is -0.312 e. The van der Waals surface area contributed by atoms with Crippen molar-refractivity contribution >= 4 is 17.4 Å². The maximum Gasteiger partial charge on any atom is 0.227 e. The molecule has 1 amide bonds. The molecule has 1 aliphatic heterocycles. The summed E-state index contributed by atoms with van der Waals surface area (Å²) in [5, 5.41) is 0. The van der Waals surface area contributed by atoms with Crippen molar-refractivity contribution in [2.24, 2.45) is 5.92 Å². The molecule has 1 fully saturated rings. The molecule has 2 aliphatic rings. The van der Waals surface area contributed by atoms with E-state index < -0.39 is 0 Å². The summed E-state index contributed by atoms with van der Waals surface area (Å²) >= 11 is 0. The molecule has 1 saturated heterocycles. The smallest absolute Gasteiger partial charge is 0.227 e. The van der Waals surface area contributed by atoms with Gasteiger partial charge in [0.15, 0.2) is 5.78 Å². The fourth-order valence-electron chi connectivity index (χ4n) is 2.93. The average molecular weight is 255 g/mol. The number of carbonyl (C=O) groups excluding carboxylic acids is 2. The van der Waals surface area contributed by atoms with Crippen LogP contribution in [0.3, 0.4) is 0 Å². The average Bonchev–Trinajstić information content (AvgIpc) is 2.80. The SMILES string of the molecule is C=CC1CC(=O)N(c2ccc3c(c2)C(=O)CCC3)C1. The monoisotopic (exact) mass is 255 g/mol. The zero-order valence-electron chi connectivity index (χ0n) is 10.9. The summed E-state index contributed by atoms with van der Waals surface area (Å²) in [5.41, 5.74) is 2.77. The van der Waals surface area contributed by atoms with Gasteiger partial charge in [0, 0.05) is 36.6 Å². The second-order valence-electron chi connectivity index (χ2n) is 5.32. The maximum atomic E-state index is 12.0. The fourth-order valence-corrected chi connectivity index (χ4v) is 2.93.